The van der Waals surface area contributed by atoms with Crippen LogP contribution in [-0.2, 0) is 6.42 Å². The fourth-order valence-corrected chi connectivity index (χ4v) is 1.97. The van der Waals surface area contributed by atoms with E-state index in [4.69, 9.17) is 5.73 Å². The summed E-state index contributed by atoms with van der Waals surface area (Å²) < 4.78 is 1.45. The van der Waals surface area contributed by atoms with Crippen LogP contribution in [0.25, 0.3) is 5.69 Å². The van der Waals surface area contributed by atoms with Gasteiger partial charge in [0.05, 0.1) is 5.69 Å². The fourth-order valence-electron chi connectivity index (χ4n) is 1.97. The summed E-state index contributed by atoms with van der Waals surface area (Å²) in [5.74, 6) is 0.134. The molecule has 0 radical (unpaired) electrons. The van der Waals surface area contributed by atoms with Gasteiger partial charge in [-0.25, -0.2) is 4.68 Å². The highest BCUT2D eigenvalue weighted by atomic mass is 16.3. The molecule has 5 nitrogen and oxygen atoms in total. The van der Waals surface area contributed by atoms with Crippen LogP contribution in [0.5, 0.6) is 5.75 Å². The summed E-state index contributed by atoms with van der Waals surface area (Å²) in [7, 11) is 0. The lowest BCUT2D eigenvalue weighted by Crippen LogP contribution is -2.18. The number of aromatic nitrogens is 2. The smallest absolute Gasteiger partial charge is 0.274 e. The minimum atomic E-state index is -0.0773. The number of nitrogens with two attached hydrogens (primary N) is 1. The van der Waals surface area contributed by atoms with E-state index in [2.05, 4.69) is 5.10 Å². The van der Waals surface area contributed by atoms with Gasteiger partial charge in [-0.05, 0) is 38.4 Å². The summed E-state index contributed by atoms with van der Waals surface area (Å²) in [4.78, 5) is 12.2. The molecule has 1 aromatic heterocycles. The van der Waals surface area contributed by atoms with Crippen LogP contribution < -0.4 is 11.3 Å². The van der Waals surface area contributed by atoms with Gasteiger partial charge in [0, 0.05) is 17.3 Å². The maximum absolute atomic E-state index is 12.2. The number of hydrogen-bond donors (Lipinski definition) is 3. The van der Waals surface area contributed by atoms with Crippen molar-refractivity contribution in [3.8, 4) is 11.4 Å². The summed E-state index contributed by atoms with van der Waals surface area (Å²) >= 11 is 0. The Labute approximate surface area is 105 Å². The maximum atomic E-state index is 12.2. The summed E-state index contributed by atoms with van der Waals surface area (Å²) in [5.41, 5.74) is 7.61. The Kier molecular flexibility index (Phi) is 3.53. The van der Waals surface area contributed by atoms with Crippen molar-refractivity contribution in [2.45, 2.75) is 19.8 Å². The van der Waals surface area contributed by atoms with Gasteiger partial charge < -0.3 is 10.8 Å². The third-order valence-electron chi connectivity index (χ3n) is 2.91. The maximum Gasteiger partial charge on any atom is 0.274 e. The molecule has 0 bridgehead atoms. The molecule has 18 heavy (non-hydrogen) atoms. The molecule has 0 saturated heterocycles. The summed E-state index contributed by atoms with van der Waals surface area (Å²) in [5, 5.41) is 12.5. The van der Waals surface area contributed by atoms with E-state index < -0.39 is 0 Å². The molecule has 0 aliphatic carbocycles. The number of aryl methyl sites for hydroxylation is 1. The molecule has 2 rings (SSSR count). The molecule has 1 aromatic carbocycles. The van der Waals surface area contributed by atoms with E-state index in [1.54, 1.807) is 24.3 Å². The number of H-pyrrole nitrogens is 1. The number of benzene rings is 1. The summed E-state index contributed by atoms with van der Waals surface area (Å²) in [6, 6.07) is 6.58. The number of aromatic hydroxyl groups is 1. The van der Waals surface area contributed by atoms with Crippen molar-refractivity contribution in [1.82, 2.24) is 9.78 Å². The van der Waals surface area contributed by atoms with Gasteiger partial charge in [-0.3, -0.25) is 9.89 Å². The van der Waals surface area contributed by atoms with E-state index >= 15 is 0 Å². The highest BCUT2D eigenvalue weighted by Crippen LogP contribution is 2.14. The van der Waals surface area contributed by atoms with Crippen LogP contribution >= 0.6 is 0 Å². The van der Waals surface area contributed by atoms with Crippen LogP contribution in [0.3, 0.4) is 0 Å². The van der Waals surface area contributed by atoms with Crippen LogP contribution in [0.4, 0.5) is 0 Å². The standard InChI is InChI=1S/C13H17N3O2/c1-9-12(6-3-7-14)13(18)16(15-9)10-4-2-5-11(17)8-10/h2,4-5,8,15,17H,3,6-7,14H2,1H3. The molecule has 0 fully saturated rings. The molecule has 0 unspecified atom stereocenters. The minimum absolute atomic E-state index is 0.0773. The zero-order valence-corrected chi connectivity index (χ0v) is 10.3. The van der Waals surface area contributed by atoms with Gasteiger partial charge >= 0.3 is 0 Å². The number of nitrogens with one attached hydrogen (secondary N) is 1. The van der Waals surface area contributed by atoms with E-state index in [0.29, 0.717) is 18.7 Å². The molecule has 4 N–H and O–H groups in total. The van der Waals surface area contributed by atoms with Gasteiger partial charge in [0.1, 0.15) is 5.75 Å². The number of phenols is 1. The summed E-state index contributed by atoms with van der Waals surface area (Å²) in [6.45, 7) is 2.43. The quantitative estimate of drug-likeness (QED) is 0.755. The van der Waals surface area contributed by atoms with Crippen LogP contribution in [-0.4, -0.2) is 21.4 Å². The topological polar surface area (TPSA) is 84.0 Å². The monoisotopic (exact) mass is 247 g/mol. The van der Waals surface area contributed by atoms with Crippen molar-refractivity contribution in [3.05, 3.63) is 45.9 Å². The molecule has 0 amide bonds. The lowest BCUT2D eigenvalue weighted by atomic mass is 10.1. The first kappa shape index (κ1) is 12.4. The second kappa shape index (κ2) is 5.10. The second-order valence-electron chi connectivity index (χ2n) is 4.27. The number of hydrogen-bond acceptors (Lipinski definition) is 3. The molecule has 0 atom stereocenters. The van der Waals surface area contributed by atoms with E-state index in [-0.39, 0.29) is 11.3 Å². The lowest BCUT2D eigenvalue weighted by molar-refractivity contribution is 0.474. The Bertz CT molecular complexity index is 599. The minimum Gasteiger partial charge on any atom is -0.508 e. The first-order chi connectivity index (χ1) is 8.63. The van der Waals surface area contributed by atoms with Crippen LogP contribution in [0.2, 0.25) is 0 Å². The van der Waals surface area contributed by atoms with Crippen molar-refractivity contribution in [1.29, 1.82) is 0 Å². The van der Waals surface area contributed by atoms with Crippen molar-refractivity contribution in [2.75, 3.05) is 6.54 Å². The molecule has 0 aliphatic heterocycles. The molecule has 5 heteroatoms. The van der Waals surface area contributed by atoms with E-state index in [0.717, 1.165) is 17.7 Å². The van der Waals surface area contributed by atoms with Crippen molar-refractivity contribution < 1.29 is 5.11 Å². The zero-order valence-electron chi connectivity index (χ0n) is 10.3. The first-order valence-corrected chi connectivity index (χ1v) is 5.93. The number of aromatic amines is 1. The summed E-state index contributed by atoms with van der Waals surface area (Å²) in [6.07, 6.45) is 1.46. The molecule has 1 heterocycles. The van der Waals surface area contributed by atoms with E-state index in [1.165, 1.54) is 4.68 Å². The highest BCUT2D eigenvalue weighted by molar-refractivity contribution is 5.38. The predicted molar refractivity (Wildman–Crippen MR) is 70.2 cm³/mol. The Balaban J connectivity index is 2.44. The highest BCUT2D eigenvalue weighted by Gasteiger charge is 2.11. The molecule has 0 spiro atoms. The van der Waals surface area contributed by atoms with Gasteiger partial charge in [0.15, 0.2) is 0 Å². The van der Waals surface area contributed by atoms with E-state index in [9.17, 15) is 9.90 Å². The Hall–Kier alpha value is -2.01. The third kappa shape index (κ3) is 2.31. The zero-order chi connectivity index (χ0) is 13.1. The molecule has 0 aliphatic rings. The number of rotatable bonds is 4. The molecule has 2 aromatic rings. The Morgan fingerprint density at radius 2 is 2.22 bits per heavy atom. The average Bonchev–Trinajstić information content (AvgIpc) is 2.63. The lowest BCUT2D eigenvalue weighted by Gasteiger charge is -2.01. The van der Waals surface area contributed by atoms with Gasteiger partial charge in [-0.15, -0.1) is 0 Å². The average molecular weight is 247 g/mol. The normalized spacial score (nSPS) is 10.8. The second-order valence-corrected chi connectivity index (χ2v) is 4.27. The van der Waals surface area contributed by atoms with Crippen molar-refractivity contribution >= 4 is 0 Å². The van der Waals surface area contributed by atoms with Crippen LogP contribution in [0.15, 0.2) is 29.1 Å². The van der Waals surface area contributed by atoms with Crippen molar-refractivity contribution in [2.24, 2.45) is 5.73 Å². The van der Waals surface area contributed by atoms with Gasteiger partial charge in [0.25, 0.3) is 5.56 Å². The molecular weight excluding hydrogens is 230 g/mol. The third-order valence-corrected chi connectivity index (χ3v) is 2.91. The Morgan fingerprint density at radius 3 is 2.89 bits per heavy atom. The largest absolute Gasteiger partial charge is 0.508 e. The van der Waals surface area contributed by atoms with Gasteiger partial charge in [0.2, 0.25) is 0 Å². The van der Waals surface area contributed by atoms with Gasteiger partial charge in [-0.2, -0.15) is 0 Å². The fraction of sp³-hybridized carbons (Fsp3) is 0.308. The van der Waals surface area contributed by atoms with Crippen LogP contribution in [0, 0.1) is 6.92 Å². The SMILES string of the molecule is Cc1[nH]n(-c2cccc(O)c2)c(=O)c1CCCN. The van der Waals surface area contributed by atoms with E-state index in [1.807, 2.05) is 6.92 Å². The van der Waals surface area contributed by atoms with Crippen molar-refractivity contribution in [3.63, 3.8) is 0 Å². The van der Waals surface area contributed by atoms with Gasteiger partial charge in [-0.1, -0.05) is 6.07 Å². The first-order valence-electron chi connectivity index (χ1n) is 5.93. The number of phenolic OH excluding ortho intramolecular Hbond substituents is 1. The predicted octanol–water partition coefficient (Wildman–Crippen LogP) is 1.07. The molecule has 96 valence electrons. The molecule has 0 saturated carbocycles. The Morgan fingerprint density at radius 1 is 1.44 bits per heavy atom. The number of nitrogens with zero attached hydrogens (tertiary/aromatic N) is 1. The molecular formula is C13H17N3O2. The van der Waals surface area contributed by atoms with Crippen LogP contribution in [0.1, 0.15) is 17.7 Å².